The summed E-state index contributed by atoms with van der Waals surface area (Å²) in [6.07, 6.45) is 0. The second-order valence-corrected chi connectivity index (χ2v) is 9.56. The third-order valence-electron chi connectivity index (χ3n) is 6.14. The van der Waals surface area contributed by atoms with Crippen LogP contribution in [-0.4, -0.2) is 40.0 Å². The monoisotopic (exact) mass is 529 g/mol. The number of rotatable bonds is 8. The molecule has 1 atom stereocenters. The van der Waals surface area contributed by atoms with Crippen LogP contribution in [0.1, 0.15) is 24.1 Å². The fraction of sp³-hybridized carbons (Fsp3) is 0.179. The lowest BCUT2D eigenvalue weighted by Gasteiger charge is -2.28. The number of hydrogen-bond acceptors (Lipinski definition) is 8. The molecule has 1 aromatic heterocycles. The lowest BCUT2D eigenvalue weighted by atomic mass is 9.95. The first kappa shape index (κ1) is 25.2. The maximum atomic E-state index is 13.7. The SMILES string of the molecule is COc1cccc(CSc2nc3n(n2)[C@@H](c2ccc(O)cc2)C(C(=O)Nc2ccccc2OC)=C(C)N3)c1. The van der Waals surface area contributed by atoms with E-state index >= 15 is 0 Å². The number of aromatic nitrogens is 3. The maximum absolute atomic E-state index is 13.7. The van der Waals surface area contributed by atoms with Gasteiger partial charge in [-0.2, -0.15) is 4.98 Å². The Bertz CT molecular complexity index is 1500. The molecule has 0 saturated carbocycles. The Hall–Kier alpha value is -4.44. The molecule has 0 fully saturated rings. The number of para-hydroxylation sites is 2. The standard InChI is InChI=1S/C28H27N5O4S/c1-17-24(26(35)30-22-9-4-5-10-23(22)37-3)25(19-11-13-20(34)14-12-19)33-27(29-17)31-28(32-33)38-16-18-7-6-8-21(15-18)36-2/h4-15,25,34H,16H2,1-3H3,(H,30,35)(H,29,31,32)/t25-/m0/s1. The normalized spacial score (nSPS) is 14.4. The first-order valence-electron chi connectivity index (χ1n) is 11.9. The number of amides is 1. The molecule has 0 bridgehead atoms. The van der Waals surface area contributed by atoms with Gasteiger partial charge in [-0.1, -0.05) is 48.2 Å². The lowest BCUT2D eigenvalue weighted by Crippen LogP contribution is -2.31. The molecule has 38 heavy (non-hydrogen) atoms. The second kappa shape index (κ2) is 10.9. The topological polar surface area (TPSA) is 111 Å². The molecule has 10 heteroatoms. The van der Waals surface area contributed by atoms with Gasteiger partial charge in [-0.15, -0.1) is 5.10 Å². The number of methoxy groups -OCH3 is 2. The molecule has 0 radical (unpaired) electrons. The summed E-state index contributed by atoms with van der Waals surface area (Å²) in [6.45, 7) is 1.84. The van der Waals surface area contributed by atoms with Gasteiger partial charge in [0.15, 0.2) is 0 Å². The van der Waals surface area contributed by atoms with Crippen LogP contribution in [0.15, 0.2) is 89.2 Å². The van der Waals surface area contributed by atoms with Crippen molar-refractivity contribution < 1.29 is 19.4 Å². The van der Waals surface area contributed by atoms with E-state index in [1.165, 1.54) is 11.8 Å². The lowest BCUT2D eigenvalue weighted by molar-refractivity contribution is -0.113. The molecule has 0 unspecified atom stereocenters. The van der Waals surface area contributed by atoms with Crippen LogP contribution in [0.2, 0.25) is 0 Å². The van der Waals surface area contributed by atoms with E-state index in [4.69, 9.17) is 19.6 Å². The predicted octanol–water partition coefficient (Wildman–Crippen LogP) is 5.22. The van der Waals surface area contributed by atoms with Crippen LogP contribution in [0.25, 0.3) is 0 Å². The first-order chi connectivity index (χ1) is 18.5. The van der Waals surface area contributed by atoms with E-state index in [1.54, 1.807) is 55.3 Å². The molecule has 0 spiro atoms. The van der Waals surface area contributed by atoms with Crippen LogP contribution in [0.3, 0.4) is 0 Å². The number of phenolic OH excluding ortho intramolecular Hbond substituents is 1. The van der Waals surface area contributed by atoms with Crippen molar-refractivity contribution in [1.29, 1.82) is 0 Å². The molecule has 5 rings (SSSR count). The number of ether oxygens (including phenoxy) is 2. The van der Waals surface area contributed by atoms with Crippen molar-refractivity contribution in [3.63, 3.8) is 0 Å². The van der Waals surface area contributed by atoms with E-state index in [2.05, 4.69) is 10.6 Å². The fourth-order valence-electron chi connectivity index (χ4n) is 4.30. The minimum absolute atomic E-state index is 0.136. The molecule has 3 aromatic carbocycles. The van der Waals surface area contributed by atoms with Gasteiger partial charge in [0.1, 0.15) is 23.3 Å². The van der Waals surface area contributed by atoms with Gasteiger partial charge in [0.2, 0.25) is 11.1 Å². The number of carbonyl (C=O) groups excluding carboxylic acids is 1. The zero-order valence-electron chi connectivity index (χ0n) is 21.1. The van der Waals surface area contributed by atoms with Gasteiger partial charge in [-0.25, -0.2) is 4.68 Å². The van der Waals surface area contributed by atoms with Crippen molar-refractivity contribution in [3.8, 4) is 17.2 Å². The highest BCUT2D eigenvalue weighted by molar-refractivity contribution is 7.98. The van der Waals surface area contributed by atoms with E-state index in [0.29, 0.717) is 39.6 Å². The average Bonchev–Trinajstić information content (AvgIpc) is 3.34. The highest BCUT2D eigenvalue weighted by Gasteiger charge is 2.34. The molecule has 1 amide bonds. The molecule has 2 heterocycles. The molecule has 3 N–H and O–H groups in total. The van der Waals surface area contributed by atoms with Crippen LogP contribution in [-0.2, 0) is 10.5 Å². The van der Waals surface area contributed by atoms with Gasteiger partial charge in [0.05, 0.1) is 25.5 Å². The highest BCUT2D eigenvalue weighted by atomic mass is 32.2. The summed E-state index contributed by atoms with van der Waals surface area (Å²) < 4.78 is 12.4. The zero-order valence-corrected chi connectivity index (χ0v) is 22.0. The molecule has 4 aromatic rings. The summed E-state index contributed by atoms with van der Waals surface area (Å²) in [4.78, 5) is 18.4. The number of thioether (sulfide) groups is 1. The van der Waals surface area contributed by atoms with Gasteiger partial charge >= 0.3 is 0 Å². The summed E-state index contributed by atoms with van der Waals surface area (Å²) in [5, 5.41) is 21.4. The van der Waals surface area contributed by atoms with Gasteiger partial charge in [0, 0.05) is 11.4 Å². The van der Waals surface area contributed by atoms with Crippen LogP contribution in [0.4, 0.5) is 11.6 Å². The average molecular weight is 530 g/mol. The molecule has 9 nitrogen and oxygen atoms in total. The third-order valence-corrected chi connectivity index (χ3v) is 7.05. The van der Waals surface area contributed by atoms with Crippen molar-refractivity contribution >= 4 is 29.3 Å². The minimum Gasteiger partial charge on any atom is -0.508 e. The second-order valence-electron chi connectivity index (χ2n) is 8.61. The summed E-state index contributed by atoms with van der Waals surface area (Å²) >= 11 is 1.49. The zero-order chi connectivity index (χ0) is 26.6. The van der Waals surface area contributed by atoms with Crippen molar-refractivity contribution in [1.82, 2.24) is 14.8 Å². The quantitative estimate of drug-likeness (QED) is 0.267. The number of fused-ring (bicyclic) bond motifs is 1. The number of nitrogens with one attached hydrogen (secondary N) is 2. The molecular formula is C28H27N5O4S. The Morgan fingerprint density at radius 3 is 2.63 bits per heavy atom. The van der Waals surface area contributed by atoms with Crippen molar-refractivity contribution in [3.05, 3.63) is 95.2 Å². The number of nitrogens with zero attached hydrogens (tertiary/aromatic N) is 3. The highest BCUT2D eigenvalue weighted by Crippen LogP contribution is 2.38. The van der Waals surface area contributed by atoms with Crippen molar-refractivity contribution in [2.45, 2.75) is 23.9 Å². The Balaban J connectivity index is 1.48. The van der Waals surface area contributed by atoms with Gasteiger partial charge in [0.25, 0.3) is 5.91 Å². The maximum Gasteiger partial charge on any atom is 0.255 e. The van der Waals surface area contributed by atoms with Crippen molar-refractivity contribution in [2.75, 3.05) is 24.9 Å². The number of carbonyl (C=O) groups is 1. The Labute approximate surface area is 224 Å². The Morgan fingerprint density at radius 1 is 1.08 bits per heavy atom. The molecule has 0 aliphatic carbocycles. The number of aromatic hydroxyl groups is 1. The Kier molecular flexibility index (Phi) is 7.23. The number of anilines is 2. The van der Waals surface area contributed by atoms with Crippen LogP contribution in [0.5, 0.6) is 17.2 Å². The van der Waals surface area contributed by atoms with E-state index in [1.807, 2.05) is 43.3 Å². The smallest absolute Gasteiger partial charge is 0.255 e. The molecule has 1 aliphatic heterocycles. The van der Waals surface area contributed by atoms with Gasteiger partial charge in [-0.3, -0.25) is 4.79 Å². The third kappa shape index (κ3) is 5.16. The van der Waals surface area contributed by atoms with Crippen LogP contribution < -0.4 is 20.1 Å². The minimum atomic E-state index is -0.569. The van der Waals surface area contributed by atoms with Gasteiger partial charge < -0.3 is 25.2 Å². The summed E-state index contributed by atoms with van der Waals surface area (Å²) in [7, 11) is 3.20. The number of benzene rings is 3. The van der Waals surface area contributed by atoms with E-state index in [-0.39, 0.29) is 11.7 Å². The molecule has 0 saturated heterocycles. The van der Waals surface area contributed by atoms with E-state index < -0.39 is 6.04 Å². The molecule has 1 aliphatic rings. The van der Waals surface area contributed by atoms with E-state index in [0.717, 1.165) is 16.9 Å². The molecular weight excluding hydrogens is 502 g/mol. The van der Waals surface area contributed by atoms with E-state index in [9.17, 15) is 9.90 Å². The van der Waals surface area contributed by atoms with Crippen LogP contribution >= 0.6 is 11.8 Å². The van der Waals surface area contributed by atoms with Gasteiger partial charge in [-0.05, 0) is 54.4 Å². The number of allylic oxidation sites excluding steroid dienone is 1. The predicted molar refractivity (Wildman–Crippen MR) is 147 cm³/mol. The number of phenols is 1. The summed E-state index contributed by atoms with van der Waals surface area (Å²) in [6, 6.07) is 21.3. The van der Waals surface area contributed by atoms with Crippen LogP contribution in [0, 0.1) is 0 Å². The first-order valence-corrected chi connectivity index (χ1v) is 12.9. The number of hydrogen-bond donors (Lipinski definition) is 3. The summed E-state index contributed by atoms with van der Waals surface area (Å²) in [5.41, 5.74) is 3.55. The largest absolute Gasteiger partial charge is 0.508 e. The molecule has 194 valence electrons. The fourth-order valence-corrected chi connectivity index (χ4v) is 5.07. The van der Waals surface area contributed by atoms with Crippen molar-refractivity contribution in [2.24, 2.45) is 0 Å². The summed E-state index contributed by atoms with van der Waals surface area (Å²) in [5.74, 6) is 2.36. The Morgan fingerprint density at radius 2 is 1.87 bits per heavy atom.